The highest BCUT2D eigenvalue weighted by molar-refractivity contribution is 5.93. The summed E-state index contributed by atoms with van der Waals surface area (Å²) >= 11 is 0. The van der Waals surface area contributed by atoms with Gasteiger partial charge in [-0.05, 0) is 43.2 Å². The fourth-order valence-corrected chi connectivity index (χ4v) is 5.86. The minimum atomic E-state index is -4.46. The Kier molecular flexibility index (Phi) is 4.53. The van der Waals surface area contributed by atoms with Crippen LogP contribution in [0.1, 0.15) is 34.2 Å². The van der Waals surface area contributed by atoms with Gasteiger partial charge in [0.1, 0.15) is 17.1 Å². The Morgan fingerprint density at radius 3 is 2.69 bits per heavy atom. The van der Waals surface area contributed by atoms with Crippen LogP contribution in [0.5, 0.6) is 5.75 Å². The van der Waals surface area contributed by atoms with E-state index < -0.39 is 17.2 Å². The lowest BCUT2D eigenvalue weighted by molar-refractivity contribution is -0.137. The predicted molar refractivity (Wildman–Crippen MR) is 120 cm³/mol. The first-order valence-corrected chi connectivity index (χ1v) is 11.5. The molecule has 35 heavy (non-hydrogen) atoms. The van der Waals surface area contributed by atoms with Gasteiger partial charge in [0, 0.05) is 42.7 Å². The number of alkyl halides is 3. The maximum atomic E-state index is 13.5. The molecule has 0 N–H and O–H groups in total. The summed E-state index contributed by atoms with van der Waals surface area (Å²) in [6.07, 6.45) is -1.17. The molecule has 0 bridgehead atoms. The molecule has 0 saturated heterocycles. The monoisotopic (exact) mass is 484 g/mol. The minimum Gasteiger partial charge on any atom is -0.493 e. The number of amides is 1. The van der Waals surface area contributed by atoms with E-state index in [2.05, 4.69) is 4.98 Å². The smallest absolute Gasteiger partial charge is 0.416 e. The van der Waals surface area contributed by atoms with Gasteiger partial charge in [-0.3, -0.25) is 9.59 Å². The number of nitrogens with zero attached hydrogens (tertiary/aromatic N) is 4. The molecule has 1 unspecified atom stereocenters. The summed E-state index contributed by atoms with van der Waals surface area (Å²) < 4.78 is 49.2. The Balaban J connectivity index is 1.34. The number of benzene rings is 1. The van der Waals surface area contributed by atoms with E-state index in [1.165, 1.54) is 16.7 Å². The molecule has 1 aromatic carbocycles. The van der Waals surface area contributed by atoms with Crippen molar-refractivity contribution >= 4 is 5.91 Å². The van der Waals surface area contributed by atoms with Crippen molar-refractivity contribution in [3.05, 3.63) is 75.7 Å². The van der Waals surface area contributed by atoms with Gasteiger partial charge >= 0.3 is 6.18 Å². The standard InChI is InChI=1S/C25H23F3N4O3/c1-14-10-31(13-29-14)19-4-5-20-22(33)30(7-8-32(20)23(19)34)12-24-15(2)18(24)11-35-21-6-3-16(9-17(21)24)25(26,27)28/h3-6,9-10,13,15,18H,7-8,11-12H2,1-2H3/t15?,18-,24-/m0/s1. The van der Waals surface area contributed by atoms with Crippen LogP contribution in [0, 0.1) is 18.8 Å². The van der Waals surface area contributed by atoms with Gasteiger partial charge in [-0.1, -0.05) is 6.92 Å². The molecule has 3 atom stereocenters. The van der Waals surface area contributed by atoms with Crippen molar-refractivity contribution in [2.45, 2.75) is 32.0 Å². The maximum absolute atomic E-state index is 13.5. The van der Waals surface area contributed by atoms with Gasteiger partial charge in [-0.15, -0.1) is 0 Å². The highest BCUT2D eigenvalue weighted by Gasteiger charge is 2.67. The summed E-state index contributed by atoms with van der Waals surface area (Å²) in [5, 5.41) is 0. The number of carbonyl (C=O) groups is 1. The molecule has 1 fully saturated rings. The van der Waals surface area contributed by atoms with E-state index >= 15 is 0 Å². The zero-order valence-corrected chi connectivity index (χ0v) is 19.2. The van der Waals surface area contributed by atoms with E-state index in [1.807, 2.05) is 13.8 Å². The number of aryl methyl sites for hydroxylation is 1. The average Bonchev–Trinajstić information content (AvgIpc) is 3.15. The summed E-state index contributed by atoms with van der Waals surface area (Å²) in [6.45, 7) is 5.12. The highest BCUT2D eigenvalue weighted by atomic mass is 19.4. The number of hydrogen-bond acceptors (Lipinski definition) is 4. The molecule has 7 nitrogen and oxygen atoms in total. The van der Waals surface area contributed by atoms with Crippen LogP contribution >= 0.6 is 0 Å². The van der Waals surface area contributed by atoms with E-state index in [4.69, 9.17) is 4.74 Å². The molecular formula is C25H23F3N4O3. The number of fused-ring (bicyclic) bond motifs is 4. The molecule has 4 heterocycles. The highest BCUT2D eigenvalue weighted by Crippen LogP contribution is 2.64. The van der Waals surface area contributed by atoms with E-state index in [0.29, 0.717) is 36.7 Å². The number of aromatic nitrogens is 3. The average molecular weight is 484 g/mol. The fourth-order valence-electron chi connectivity index (χ4n) is 5.86. The van der Waals surface area contributed by atoms with Gasteiger partial charge in [0.15, 0.2) is 0 Å². The van der Waals surface area contributed by atoms with Crippen LogP contribution in [0.25, 0.3) is 5.69 Å². The molecule has 182 valence electrons. The Morgan fingerprint density at radius 2 is 1.97 bits per heavy atom. The van der Waals surface area contributed by atoms with Gasteiger partial charge in [0.2, 0.25) is 0 Å². The van der Waals surface area contributed by atoms with Gasteiger partial charge in [-0.2, -0.15) is 13.2 Å². The van der Waals surface area contributed by atoms with Gasteiger partial charge in [0.25, 0.3) is 11.5 Å². The first kappa shape index (κ1) is 21.9. The first-order valence-electron chi connectivity index (χ1n) is 11.5. The van der Waals surface area contributed by atoms with Crippen LogP contribution in [0.2, 0.25) is 0 Å². The van der Waals surface area contributed by atoms with Crippen molar-refractivity contribution in [1.29, 1.82) is 0 Å². The van der Waals surface area contributed by atoms with Crippen molar-refractivity contribution in [3.63, 3.8) is 0 Å². The molecule has 1 saturated carbocycles. The topological polar surface area (TPSA) is 69.4 Å². The molecule has 1 aliphatic carbocycles. The van der Waals surface area contributed by atoms with Crippen molar-refractivity contribution < 1.29 is 22.7 Å². The molecule has 3 aromatic rings. The summed E-state index contributed by atoms with van der Waals surface area (Å²) in [5.41, 5.74) is 0.367. The summed E-state index contributed by atoms with van der Waals surface area (Å²) in [5.74, 6) is 0.243. The molecular weight excluding hydrogens is 461 g/mol. The molecule has 2 aromatic heterocycles. The van der Waals surface area contributed by atoms with Gasteiger partial charge in [-0.25, -0.2) is 4.98 Å². The molecule has 2 aliphatic heterocycles. The van der Waals surface area contributed by atoms with Crippen molar-refractivity contribution in [2.75, 3.05) is 19.7 Å². The molecule has 0 spiro atoms. The molecule has 0 radical (unpaired) electrons. The van der Waals surface area contributed by atoms with E-state index in [-0.39, 0.29) is 35.5 Å². The summed E-state index contributed by atoms with van der Waals surface area (Å²) in [7, 11) is 0. The quantitative estimate of drug-likeness (QED) is 0.572. The zero-order valence-electron chi connectivity index (χ0n) is 19.2. The minimum absolute atomic E-state index is 0.0299. The zero-order chi connectivity index (χ0) is 24.7. The second-order valence-electron chi connectivity index (χ2n) is 9.66. The van der Waals surface area contributed by atoms with Crippen molar-refractivity contribution in [3.8, 4) is 11.4 Å². The van der Waals surface area contributed by atoms with Crippen LogP contribution in [0.15, 0.2) is 47.7 Å². The fraction of sp³-hybridized carbons (Fsp3) is 0.400. The maximum Gasteiger partial charge on any atom is 0.416 e. The summed E-state index contributed by atoms with van der Waals surface area (Å²) in [6, 6.07) is 6.83. The first-order chi connectivity index (χ1) is 16.6. The number of rotatable bonds is 3. The van der Waals surface area contributed by atoms with Crippen LogP contribution in [0.3, 0.4) is 0 Å². The third kappa shape index (κ3) is 3.15. The number of carbonyl (C=O) groups excluding carboxylic acids is 1. The molecule has 1 amide bonds. The lowest BCUT2D eigenvalue weighted by atomic mass is 9.87. The van der Waals surface area contributed by atoms with Crippen LogP contribution in [-0.2, 0) is 18.1 Å². The number of hydrogen-bond donors (Lipinski definition) is 0. The molecule has 6 rings (SSSR count). The molecule has 10 heteroatoms. The number of imidazole rings is 1. The largest absolute Gasteiger partial charge is 0.493 e. The van der Waals surface area contributed by atoms with Crippen LogP contribution in [0.4, 0.5) is 13.2 Å². The Morgan fingerprint density at radius 1 is 1.17 bits per heavy atom. The van der Waals surface area contributed by atoms with Crippen LogP contribution in [-0.4, -0.2) is 44.6 Å². The molecule has 3 aliphatic rings. The lowest BCUT2D eigenvalue weighted by Gasteiger charge is -2.35. The Hall–Kier alpha value is -3.56. The second-order valence-corrected chi connectivity index (χ2v) is 9.66. The Bertz CT molecular complexity index is 1430. The van der Waals surface area contributed by atoms with E-state index in [1.54, 1.807) is 34.1 Å². The number of ether oxygens (including phenoxy) is 1. The Labute approximate surface area is 198 Å². The third-order valence-electron chi connectivity index (χ3n) is 7.89. The lowest BCUT2D eigenvalue weighted by Crippen LogP contribution is -2.48. The van der Waals surface area contributed by atoms with Gasteiger partial charge < -0.3 is 18.8 Å². The second kappa shape index (κ2) is 7.22. The van der Waals surface area contributed by atoms with E-state index in [9.17, 15) is 22.8 Å². The van der Waals surface area contributed by atoms with Crippen LogP contribution < -0.4 is 10.3 Å². The summed E-state index contributed by atoms with van der Waals surface area (Å²) in [4.78, 5) is 32.4. The number of halogens is 3. The van der Waals surface area contributed by atoms with Gasteiger partial charge in [0.05, 0.1) is 24.2 Å². The predicted octanol–water partition coefficient (Wildman–Crippen LogP) is 3.41. The SMILES string of the molecule is Cc1cn(-c2ccc3n(c2=O)CCN(C[C@]24c5cc(C(F)(F)F)ccc5OC[C@H]2C4C)C3=O)cn1. The van der Waals surface area contributed by atoms with E-state index in [0.717, 1.165) is 11.8 Å². The normalized spacial score (nSPS) is 24.9. The van der Waals surface area contributed by atoms with Crippen molar-refractivity contribution in [1.82, 2.24) is 19.0 Å². The number of pyridine rings is 1. The van der Waals surface area contributed by atoms with Crippen molar-refractivity contribution in [2.24, 2.45) is 11.8 Å². The third-order valence-corrected chi connectivity index (χ3v) is 7.89.